The van der Waals surface area contributed by atoms with Gasteiger partial charge in [-0.1, -0.05) is 24.3 Å². The summed E-state index contributed by atoms with van der Waals surface area (Å²) < 4.78 is 25.0. The number of H-pyrrole nitrogens is 1. The maximum absolute atomic E-state index is 12.5. The molecule has 7 nitrogen and oxygen atoms in total. The van der Waals surface area contributed by atoms with Crippen LogP contribution in [0.4, 0.5) is 5.69 Å². The van der Waals surface area contributed by atoms with Crippen LogP contribution in [0.5, 0.6) is 0 Å². The standard InChI is InChI=1S/C25H30N4O3S.CH4S2/c1-18(30)22(15-20-6-4-5-7-23(20)26-2)25-16-21-14-19(8-9-24(21)27-25)17-28-10-12-29(13-11-28)33(3,31)32;1-3-2/h4-9,14-16,26-27H,10-13,17H2,1-3H3;2H,1H3/b22-15+;. The Morgan fingerprint density at radius 1 is 1.14 bits per heavy atom. The van der Waals surface area contributed by atoms with Crippen LogP contribution in [0.3, 0.4) is 0 Å². The lowest BCUT2D eigenvalue weighted by Crippen LogP contribution is -2.47. The van der Waals surface area contributed by atoms with Crippen molar-refractivity contribution in [3.05, 3.63) is 65.4 Å². The number of benzene rings is 2. The van der Waals surface area contributed by atoms with Crippen LogP contribution in [0.25, 0.3) is 22.6 Å². The van der Waals surface area contributed by atoms with Gasteiger partial charge in [0.25, 0.3) is 0 Å². The monoisotopic (exact) mass is 546 g/mol. The number of aromatic amines is 1. The van der Waals surface area contributed by atoms with E-state index in [2.05, 4.69) is 39.0 Å². The number of hydrogen-bond acceptors (Lipinski definition) is 7. The number of piperazine rings is 1. The molecule has 0 amide bonds. The van der Waals surface area contributed by atoms with Gasteiger partial charge in [-0.05, 0) is 54.6 Å². The van der Waals surface area contributed by atoms with Crippen molar-refractivity contribution in [2.24, 2.45) is 0 Å². The second-order valence-electron chi connectivity index (χ2n) is 8.68. The van der Waals surface area contributed by atoms with Crippen molar-refractivity contribution in [2.75, 3.05) is 51.1 Å². The molecule has 1 fully saturated rings. The number of sulfonamides is 1. The average molecular weight is 547 g/mol. The minimum Gasteiger partial charge on any atom is -0.388 e. The lowest BCUT2D eigenvalue weighted by molar-refractivity contribution is -0.111. The normalized spacial score (nSPS) is 15.4. The van der Waals surface area contributed by atoms with Crippen LogP contribution in [-0.4, -0.2) is 74.1 Å². The Morgan fingerprint density at radius 3 is 2.42 bits per heavy atom. The van der Waals surface area contributed by atoms with Crippen LogP contribution in [-0.2, 0) is 21.4 Å². The molecular weight excluding hydrogens is 513 g/mol. The molecule has 1 aliphatic rings. The number of ketones is 1. The molecule has 0 bridgehead atoms. The second-order valence-corrected chi connectivity index (χ2v) is 12.1. The quantitative estimate of drug-likeness (QED) is 0.228. The predicted octanol–water partition coefficient (Wildman–Crippen LogP) is 4.61. The molecule has 4 rings (SSSR count). The number of rotatable bonds is 7. The predicted molar refractivity (Wildman–Crippen MR) is 157 cm³/mol. The molecule has 1 aliphatic heterocycles. The number of para-hydroxylation sites is 1. The average Bonchev–Trinajstić information content (AvgIpc) is 3.26. The fraction of sp³-hybridized carbons (Fsp3) is 0.346. The second kappa shape index (κ2) is 12.8. The summed E-state index contributed by atoms with van der Waals surface area (Å²) in [6, 6.07) is 16.2. The molecule has 1 saturated heterocycles. The molecule has 0 unspecified atom stereocenters. The molecule has 0 radical (unpaired) electrons. The number of allylic oxidation sites excluding steroid dienone is 1. The number of Topliss-reactive ketones (excluding diaryl/α,β-unsaturated/α-hetero) is 1. The van der Waals surface area contributed by atoms with Gasteiger partial charge in [-0.2, -0.15) is 4.31 Å². The first-order valence-corrected chi connectivity index (χ1v) is 15.7. The Bertz CT molecular complexity index is 1330. The van der Waals surface area contributed by atoms with E-state index in [-0.39, 0.29) is 5.78 Å². The highest BCUT2D eigenvalue weighted by atomic mass is 33.1. The third kappa shape index (κ3) is 7.39. The number of anilines is 1. The van der Waals surface area contributed by atoms with Gasteiger partial charge in [0.1, 0.15) is 0 Å². The van der Waals surface area contributed by atoms with Gasteiger partial charge >= 0.3 is 0 Å². The highest BCUT2D eigenvalue weighted by Crippen LogP contribution is 2.27. The first-order valence-electron chi connectivity index (χ1n) is 11.6. The fourth-order valence-corrected chi connectivity index (χ4v) is 5.10. The SMILES string of the molecule is CNc1ccccc1/C=C(\C(C)=O)c1cc2cc(CN3CCN(S(C)(=O)=O)CC3)ccc2[nH]1.CSS. The molecule has 2 aromatic carbocycles. The molecule has 2 heterocycles. The zero-order chi connectivity index (χ0) is 26.3. The summed E-state index contributed by atoms with van der Waals surface area (Å²) in [5, 5.41) is 4.22. The van der Waals surface area contributed by atoms with E-state index in [0.29, 0.717) is 31.8 Å². The van der Waals surface area contributed by atoms with Gasteiger partial charge in [-0.15, -0.1) is 22.5 Å². The summed E-state index contributed by atoms with van der Waals surface area (Å²) in [6.07, 6.45) is 5.09. The first kappa shape index (κ1) is 28.3. The van der Waals surface area contributed by atoms with Gasteiger partial charge in [-0.25, -0.2) is 8.42 Å². The van der Waals surface area contributed by atoms with E-state index in [1.165, 1.54) is 21.4 Å². The molecule has 0 atom stereocenters. The van der Waals surface area contributed by atoms with Crippen molar-refractivity contribution in [3.8, 4) is 0 Å². The number of carbonyl (C=O) groups is 1. The minimum absolute atomic E-state index is 0.00330. The summed E-state index contributed by atoms with van der Waals surface area (Å²) in [4.78, 5) is 18.2. The zero-order valence-corrected chi connectivity index (χ0v) is 23.6. The van der Waals surface area contributed by atoms with Gasteiger partial charge in [-0.3, -0.25) is 9.69 Å². The highest BCUT2D eigenvalue weighted by Gasteiger charge is 2.23. The van der Waals surface area contributed by atoms with E-state index in [0.717, 1.165) is 40.0 Å². The number of nitrogens with zero attached hydrogens (tertiary/aromatic N) is 2. The summed E-state index contributed by atoms with van der Waals surface area (Å²) in [7, 11) is 0.186. The molecular formula is C26H34N4O3S3. The lowest BCUT2D eigenvalue weighted by atomic mass is 10.0. The number of fused-ring (bicyclic) bond motifs is 1. The maximum Gasteiger partial charge on any atom is 0.211 e. The van der Waals surface area contributed by atoms with Gasteiger partial charge in [0.2, 0.25) is 10.0 Å². The van der Waals surface area contributed by atoms with E-state index in [1.807, 2.05) is 55.8 Å². The number of nitrogens with one attached hydrogen (secondary N) is 2. The Morgan fingerprint density at radius 2 is 1.81 bits per heavy atom. The lowest BCUT2D eigenvalue weighted by Gasteiger charge is -2.33. The summed E-state index contributed by atoms with van der Waals surface area (Å²) in [6.45, 7) is 4.82. The third-order valence-corrected chi connectivity index (χ3v) is 7.39. The van der Waals surface area contributed by atoms with E-state index in [9.17, 15) is 13.2 Å². The molecule has 0 saturated carbocycles. The van der Waals surface area contributed by atoms with Gasteiger partial charge in [0.05, 0.1) is 11.9 Å². The van der Waals surface area contributed by atoms with Crippen LogP contribution in [0.2, 0.25) is 0 Å². The Hall–Kier alpha value is -2.24. The van der Waals surface area contributed by atoms with Crippen LogP contribution >= 0.6 is 22.5 Å². The smallest absolute Gasteiger partial charge is 0.211 e. The molecule has 194 valence electrons. The number of aromatic nitrogens is 1. The minimum atomic E-state index is -3.12. The molecule has 36 heavy (non-hydrogen) atoms. The highest BCUT2D eigenvalue weighted by molar-refractivity contribution is 8.68. The van der Waals surface area contributed by atoms with Crippen molar-refractivity contribution in [2.45, 2.75) is 13.5 Å². The molecule has 1 aromatic heterocycles. The van der Waals surface area contributed by atoms with Crippen LogP contribution in [0.1, 0.15) is 23.7 Å². The van der Waals surface area contributed by atoms with Crippen molar-refractivity contribution in [1.82, 2.24) is 14.2 Å². The van der Waals surface area contributed by atoms with E-state index in [4.69, 9.17) is 0 Å². The van der Waals surface area contributed by atoms with Gasteiger partial charge < -0.3 is 10.3 Å². The van der Waals surface area contributed by atoms with Crippen molar-refractivity contribution >= 4 is 66.5 Å². The Kier molecular flexibility index (Phi) is 10.1. The maximum atomic E-state index is 12.5. The van der Waals surface area contributed by atoms with E-state index >= 15 is 0 Å². The molecule has 0 aliphatic carbocycles. The van der Waals surface area contributed by atoms with Crippen molar-refractivity contribution < 1.29 is 13.2 Å². The third-order valence-electron chi connectivity index (χ3n) is 6.09. The largest absolute Gasteiger partial charge is 0.388 e. The topological polar surface area (TPSA) is 85.5 Å². The Labute approximate surface area is 223 Å². The number of hydrogen-bond donors (Lipinski definition) is 3. The molecule has 10 heteroatoms. The Balaban J connectivity index is 0.00000115. The van der Waals surface area contributed by atoms with Crippen LogP contribution < -0.4 is 5.32 Å². The number of carbonyl (C=O) groups excluding carboxylic acids is 1. The summed E-state index contributed by atoms with van der Waals surface area (Å²) in [5.41, 5.74) is 5.48. The van der Waals surface area contributed by atoms with Gasteiger partial charge in [0.15, 0.2) is 5.78 Å². The van der Waals surface area contributed by atoms with Crippen LogP contribution in [0.15, 0.2) is 48.5 Å². The van der Waals surface area contributed by atoms with Gasteiger partial charge in [0, 0.05) is 61.9 Å². The fourth-order valence-electron chi connectivity index (χ4n) is 4.28. The number of thiol groups is 1. The molecule has 2 N–H and O–H groups in total. The van der Waals surface area contributed by atoms with Crippen molar-refractivity contribution in [3.63, 3.8) is 0 Å². The molecule has 3 aromatic rings. The summed E-state index contributed by atoms with van der Waals surface area (Å²) in [5.74, 6) is -0.00330. The molecule has 0 spiro atoms. The van der Waals surface area contributed by atoms with Crippen LogP contribution in [0, 0.1) is 0 Å². The van der Waals surface area contributed by atoms with E-state index in [1.54, 1.807) is 6.92 Å². The van der Waals surface area contributed by atoms with Crippen molar-refractivity contribution in [1.29, 1.82) is 0 Å². The summed E-state index contributed by atoms with van der Waals surface area (Å²) >= 11 is 3.71. The van der Waals surface area contributed by atoms with E-state index < -0.39 is 10.0 Å². The zero-order valence-electron chi connectivity index (χ0n) is 21.1. The first-order chi connectivity index (χ1) is 17.2.